The fourth-order valence-electron chi connectivity index (χ4n) is 4.51. The van der Waals surface area contributed by atoms with Gasteiger partial charge in [0.2, 0.25) is 11.9 Å². The van der Waals surface area contributed by atoms with Gasteiger partial charge in [-0.1, -0.05) is 74.5 Å². The Morgan fingerprint density at radius 2 is 0.913 bits per heavy atom. The molecule has 0 fully saturated rings. The topological polar surface area (TPSA) is 167 Å². The van der Waals surface area contributed by atoms with Crippen LogP contribution < -0.4 is 22.0 Å². The van der Waals surface area contributed by atoms with Gasteiger partial charge in [0.05, 0.1) is 0 Å². The van der Waals surface area contributed by atoms with Crippen LogP contribution in [-0.2, 0) is 0 Å². The number of nitrogens with one attached hydrogen (secondary N) is 4. The van der Waals surface area contributed by atoms with Crippen molar-refractivity contribution in [2.45, 2.75) is 25.7 Å². The molecule has 6 rings (SSSR count). The molecule has 46 heavy (non-hydrogen) atoms. The fourth-order valence-corrected chi connectivity index (χ4v) is 4.51. The van der Waals surface area contributed by atoms with Gasteiger partial charge < -0.3 is 10.6 Å². The van der Waals surface area contributed by atoms with Crippen LogP contribution in [0.25, 0.3) is 22.8 Å². The third-order valence-electron chi connectivity index (χ3n) is 7.08. The Bertz CT molecular complexity index is 1780. The molecule has 0 saturated heterocycles. The minimum Gasteiger partial charge on any atom is -0.353 e. The van der Waals surface area contributed by atoms with Crippen molar-refractivity contribution in [3.05, 3.63) is 142 Å². The van der Waals surface area contributed by atoms with Gasteiger partial charge >= 0.3 is 11.4 Å². The third kappa shape index (κ3) is 8.99. The van der Waals surface area contributed by atoms with Gasteiger partial charge in [-0.2, -0.15) is 19.9 Å². The van der Waals surface area contributed by atoms with E-state index in [1.54, 1.807) is 49.1 Å². The molecular weight excluding hydrogens is 580 g/mol. The van der Waals surface area contributed by atoms with Crippen LogP contribution >= 0.6 is 0 Å². The Morgan fingerprint density at radius 1 is 0.543 bits per heavy atom. The molecule has 0 aliphatic heterocycles. The number of pyridine rings is 2. The molecule has 4 N–H and O–H groups in total. The number of aromatic nitrogens is 8. The van der Waals surface area contributed by atoms with Gasteiger partial charge in [0.15, 0.2) is 0 Å². The van der Waals surface area contributed by atoms with Crippen molar-refractivity contribution >= 4 is 11.9 Å². The Kier molecular flexibility index (Phi) is 10.7. The zero-order valence-corrected chi connectivity index (χ0v) is 25.5. The molecule has 0 saturated carbocycles. The van der Waals surface area contributed by atoms with E-state index in [2.05, 4.69) is 88.6 Å². The zero-order chi connectivity index (χ0) is 32.1. The molecule has 232 valence electrons. The minimum absolute atomic E-state index is 0.281. The summed E-state index contributed by atoms with van der Waals surface area (Å²) < 4.78 is 0. The highest BCUT2D eigenvalue weighted by atomic mass is 16.1. The molecule has 0 aliphatic carbocycles. The smallest absolute Gasteiger partial charge is 0.349 e. The molecule has 0 spiro atoms. The molecule has 2 aromatic carbocycles. The molecule has 4 aromatic heterocycles. The normalized spacial score (nSPS) is 11.9. The number of nitrogens with zero attached hydrogens (tertiary/aromatic N) is 6. The Morgan fingerprint density at radius 3 is 1.28 bits per heavy atom. The van der Waals surface area contributed by atoms with Crippen molar-refractivity contribution in [1.82, 2.24) is 39.9 Å². The van der Waals surface area contributed by atoms with E-state index in [9.17, 15) is 9.59 Å². The second-order valence-electron chi connectivity index (χ2n) is 10.5. The summed E-state index contributed by atoms with van der Waals surface area (Å²) in [5.74, 6) is 2.16. The van der Waals surface area contributed by atoms with Crippen molar-refractivity contribution in [3.63, 3.8) is 0 Å². The third-order valence-corrected chi connectivity index (χ3v) is 7.08. The Labute approximate surface area is 265 Å². The van der Waals surface area contributed by atoms with Crippen molar-refractivity contribution < 1.29 is 0 Å². The van der Waals surface area contributed by atoms with Crippen LogP contribution in [0.5, 0.6) is 0 Å². The largest absolute Gasteiger partial charge is 0.353 e. The van der Waals surface area contributed by atoms with Crippen LogP contribution in [0.2, 0.25) is 0 Å². The minimum atomic E-state index is -0.429. The van der Waals surface area contributed by atoms with E-state index in [4.69, 9.17) is 0 Å². The van der Waals surface area contributed by atoms with Crippen molar-refractivity contribution in [3.8, 4) is 22.8 Å². The van der Waals surface area contributed by atoms with Gasteiger partial charge in [0.1, 0.15) is 11.6 Å². The van der Waals surface area contributed by atoms with Crippen LogP contribution in [0, 0.1) is 0 Å². The summed E-state index contributed by atoms with van der Waals surface area (Å²) in [5.41, 5.74) is 3.17. The summed E-state index contributed by atoms with van der Waals surface area (Å²) in [6.45, 7) is 5.51. The number of anilines is 2. The maximum atomic E-state index is 11.7. The monoisotopic (exact) mass is 614 g/mol. The van der Waals surface area contributed by atoms with Crippen molar-refractivity contribution in [2.24, 2.45) is 0 Å². The van der Waals surface area contributed by atoms with Crippen LogP contribution in [0.15, 0.2) is 119 Å². The molecule has 6 aromatic rings. The average molecular weight is 615 g/mol. The average Bonchev–Trinajstić information content (AvgIpc) is 3.11. The van der Waals surface area contributed by atoms with Gasteiger partial charge in [-0.3, -0.25) is 19.9 Å². The van der Waals surface area contributed by atoms with E-state index >= 15 is 0 Å². The maximum absolute atomic E-state index is 11.7. The summed E-state index contributed by atoms with van der Waals surface area (Å²) in [6.07, 6.45) is 6.61. The second kappa shape index (κ2) is 15.6. The van der Waals surface area contributed by atoms with Gasteiger partial charge in [0.25, 0.3) is 0 Å². The number of benzene rings is 2. The Hall–Kier alpha value is -6.04. The lowest BCUT2D eigenvalue weighted by Crippen LogP contribution is -2.19. The van der Waals surface area contributed by atoms with Crippen LogP contribution in [0.1, 0.15) is 36.8 Å². The van der Waals surface area contributed by atoms with E-state index in [0.29, 0.717) is 36.6 Å². The predicted octanol–water partition coefficient (Wildman–Crippen LogP) is 4.89. The first-order valence-corrected chi connectivity index (χ1v) is 14.8. The molecule has 12 heteroatoms. The van der Waals surface area contributed by atoms with Gasteiger partial charge in [-0.05, 0) is 47.2 Å². The molecule has 0 amide bonds. The van der Waals surface area contributed by atoms with Gasteiger partial charge in [0, 0.05) is 49.0 Å². The maximum Gasteiger partial charge on any atom is 0.349 e. The highest BCUT2D eigenvalue weighted by molar-refractivity contribution is 5.55. The molecule has 0 radical (unpaired) electrons. The molecule has 0 aliphatic rings. The molecule has 2 atom stereocenters. The van der Waals surface area contributed by atoms with Gasteiger partial charge in [-0.25, -0.2) is 9.59 Å². The highest BCUT2D eigenvalue weighted by Crippen LogP contribution is 2.17. The molecule has 0 unspecified atom stereocenters. The summed E-state index contributed by atoms with van der Waals surface area (Å²) in [4.78, 5) is 53.1. The standard InChI is InChI=1S/2C17H17N5O/c2*1-12(13-5-3-2-4-6-13)11-19-16-20-15(21-17(23)22-16)14-7-9-18-10-8-14/h2*2-10,12H,11H2,1H3,(H2,19,20,21,22,23)/t2*12-/m10/s1. The molecular formula is C34H34N10O2. The van der Waals surface area contributed by atoms with E-state index in [0.717, 1.165) is 11.1 Å². The first-order chi connectivity index (χ1) is 22.4. The van der Waals surface area contributed by atoms with E-state index in [1.807, 2.05) is 36.4 Å². The fraction of sp³-hybridized carbons (Fsp3) is 0.176. The first-order valence-electron chi connectivity index (χ1n) is 14.8. The second-order valence-corrected chi connectivity index (χ2v) is 10.5. The van der Waals surface area contributed by atoms with E-state index in [-0.39, 0.29) is 11.8 Å². The number of aromatic amines is 2. The van der Waals surface area contributed by atoms with E-state index < -0.39 is 11.4 Å². The lowest BCUT2D eigenvalue weighted by Gasteiger charge is -2.13. The molecule has 4 heterocycles. The van der Waals surface area contributed by atoms with Crippen LogP contribution in [0.4, 0.5) is 11.9 Å². The lowest BCUT2D eigenvalue weighted by atomic mass is 10.0. The Balaban J connectivity index is 0.000000181. The van der Waals surface area contributed by atoms with Crippen molar-refractivity contribution in [2.75, 3.05) is 23.7 Å². The summed E-state index contributed by atoms with van der Waals surface area (Å²) in [7, 11) is 0. The summed E-state index contributed by atoms with van der Waals surface area (Å²) in [6, 6.07) is 27.5. The number of hydrogen-bond acceptors (Lipinski definition) is 10. The van der Waals surface area contributed by atoms with Gasteiger partial charge in [-0.15, -0.1) is 0 Å². The number of hydrogen-bond donors (Lipinski definition) is 4. The van der Waals surface area contributed by atoms with E-state index in [1.165, 1.54) is 11.1 Å². The summed E-state index contributed by atoms with van der Waals surface area (Å²) >= 11 is 0. The quantitative estimate of drug-likeness (QED) is 0.167. The molecule has 0 bridgehead atoms. The van der Waals surface area contributed by atoms with Crippen LogP contribution in [0.3, 0.4) is 0 Å². The zero-order valence-electron chi connectivity index (χ0n) is 25.5. The number of rotatable bonds is 10. The molecule has 12 nitrogen and oxygen atoms in total. The predicted molar refractivity (Wildman–Crippen MR) is 178 cm³/mol. The SMILES string of the molecule is C[C@@H](CNc1nc(-c2ccncc2)[nH]c(=O)n1)c1ccccc1.C[C@H](CNc1nc(-c2ccncc2)[nH]c(=O)n1)c1ccccc1. The number of H-pyrrole nitrogens is 2. The summed E-state index contributed by atoms with van der Waals surface area (Å²) in [5, 5.41) is 6.27. The van der Waals surface area contributed by atoms with Crippen molar-refractivity contribution in [1.29, 1.82) is 0 Å². The van der Waals surface area contributed by atoms with Crippen LogP contribution in [-0.4, -0.2) is 53.0 Å². The first kappa shape index (κ1) is 31.4. The highest BCUT2D eigenvalue weighted by Gasteiger charge is 2.10. The lowest BCUT2D eigenvalue weighted by molar-refractivity contribution is 0.793.